The van der Waals surface area contributed by atoms with Gasteiger partial charge in [0.1, 0.15) is 12.1 Å². The predicted molar refractivity (Wildman–Crippen MR) is 156 cm³/mol. The number of amides is 1. The Bertz CT molecular complexity index is 1020. The molecule has 0 aliphatic heterocycles. The summed E-state index contributed by atoms with van der Waals surface area (Å²) in [6.45, 7) is 12.7. The van der Waals surface area contributed by atoms with Gasteiger partial charge in [0.25, 0.3) is 0 Å². The van der Waals surface area contributed by atoms with Gasteiger partial charge in [-0.2, -0.15) is 9.81 Å². The first-order valence-corrected chi connectivity index (χ1v) is 14.8. The van der Waals surface area contributed by atoms with Gasteiger partial charge in [0, 0.05) is 36.5 Å². The summed E-state index contributed by atoms with van der Waals surface area (Å²) in [5, 5.41) is 15.0. The Morgan fingerprint density at radius 1 is 0.810 bits per heavy atom. The van der Waals surface area contributed by atoms with Gasteiger partial charge in [-0.1, -0.05) is 10.4 Å². The molecule has 1 aromatic rings. The van der Waals surface area contributed by atoms with Crippen LogP contribution in [0, 0.1) is 39.0 Å². The zero-order chi connectivity index (χ0) is 32.1. The minimum atomic E-state index is -1.64. The van der Waals surface area contributed by atoms with Crippen LogP contribution in [0.2, 0.25) is 0 Å². The number of hydrogen-bond acceptors (Lipinski definition) is 9. The van der Waals surface area contributed by atoms with Gasteiger partial charge in [0.15, 0.2) is 28.4 Å². The second-order valence-corrected chi connectivity index (χ2v) is 12.6. The Morgan fingerprint density at radius 2 is 1.26 bits per heavy atom. The van der Waals surface area contributed by atoms with Crippen LogP contribution < -0.4 is 16.0 Å². The van der Waals surface area contributed by atoms with E-state index >= 15 is 0 Å². The van der Waals surface area contributed by atoms with Crippen molar-refractivity contribution in [1.29, 1.82) is 0 Å². The van der Waals surface area contributed by atoms with E-state index in [-0.39, 0.29) is 48.9 Å². The minimum absolute atomic E-state index is 0.0158. The van der Waals surface area contributed by atoms with Gasteiger partial charge in [-0.25, -0.2) is 17.6 Å². The van der Waals surface area contributed by atoms with Crippen LogP contribution in [0.5, 0.6) is 0 Å². The van der Waals surface area contributed by atoms with E-state index in [1.807, 2.05) is 27.7 Å². The quantitative estimate of drug-likeness (QED) is 0.0707. The van der Waals surface area contributed by atoms with Gasteiger partial charge in [0.05, 0.1) is 4.90 Å². The van der Waals surface area contributed by atoms with E-state index in [4.69, 9.17) is 0 Å². The molecule has 0 aliphatic rings. The Hall–Kier alpha value is -2.45. The molecule has 14 heteroatoms. The molecule has 0 spiro atoms. The summed E-state index contributed by atoms with van der Waals surface area (Å²) in [4.78, 5) is 45.3. The number of halogens is 4. The number of nitrogens with one attached hydrogen (secondary N) is 3. The lowest BCUT2D eigenvalue weighted by molar-refractivity contribution is -0.121. The maximum Gasteiger partial charge on any atom is 0.220 e. The number of hydrogen-bond donors (Lipinski definition) is 3. The van der Waals surface area contributed by atoms with Gasteiger partial charge in [0.2, 0.25) is 5.91 Å². The lowest BCUT2D eigenvalue weighted by Crippen LogP contribution is -2.48. The van der Waals surface area contributed by atoms with E-state index in [9.17, 15) is 37.0 Å². The highest BCUT2D eigenvalue weighted by Gasteiger charge is 2.28. The van der Waals surface area contributed by atoms with E-state index < -0.39 is 56.4 Å². The maximum absolute atomic E-state index is 13.8. The van der Waals surface area contributed by atoms with Crippen LogP contribution in [0.4, 0.5) is 17.6 Å². The second-order valence-electron chi connectivity index (χ2n) is 11.6. The first-order valence-electron chi connectivity index (χ1n) is 14.0. The van der Waals surface area contributed by atoms with Crippen LogP contribution in [0.25, 0.3) is 0 Å². The van der Waals surface area contributed by atoms with Crippen molar-refractivity contribution in [3.05, 3.63) is 39.1 Å². The SMILES string of the molecule is CC(N=O)C(C)(C)NCCC(CCNC(=O)CCCC(=O)Sc1c(F)c(F)cc(F)c1F)CCNC(C)(C)C(C)N=O. The van der Waals surface area contributed by atoms with Crippen molar-refractivity contribution in [2.24, 2.45) is 16.3 Å². The Kier molecular flexibility index (Phi) is 15.8. The van der Waals surface area contributed by atoms with Crippen LogP contribution >= 0.6 is 11.8 Å². The summed E-state index contributed by atoms with van der Waals surface area (Å²) in [5.74, 6) is -6.59. The lowest BCUT2D eigenvalue weighted by atomic mass is 9.92. The maximum atomic E-state index is 13.8. The highest BCUT2D eigenvalue weighted by atomic mass is 32.2. The molecule has 3 N–H and O–H groups in total. The molecule has 1 aromatic carbocycles. The van der Waals surface area contributed by atoms with E-state index in [1.54, 1.807) is 13.8 Å². The Labute approximate surface area is 249 Å². The van der Waals surface area contributed by atoms with Crippen molar-refractivity contribution >= 4 is 22.8 Å². The van der Waals surface area contributed by atoms with Crippen LogP contribution in [-0.4, -0.2) is 53.8 Å². The normalized spacial score (nSPS) is 14.2. The van der Waals surface area contributed by atoms with Crippen molar-refractivity contribution in [3.8, 4) is 0 Å². The first-order chi connectivity index (χ1) is 19.5. The van der Waals surface area contributed by atoms with E-state index in [0.717, 1.165) is 12.8 Å². The molecule has 0 aromatic heterocycles. The molecule has 9 nitrogen and oxygen atoms in total. The van der Waals surface area contributed by atoms with Crippen molar-refractivity contribution < 1.29 is 27.2 Å². The monoisotopic (exact) mass is 621 g/mol. The van der Waals surface area contributed by atoms with Crippen molar-refractivity contribution in [1.82, 2.24) is 16.0 Å². The Morgan fingerprint density at radius 3 is 1.71 bits per heavy atom. The Balaban J connectivity index is 2.57. The zero-order valence-electron chi connectivity index (χ0n) is 25.1. The van der Waals surface area contributed by atoms with Crippen LogP contribution in [-0.2, 0) is 9.59 Å². The average molecular weight is 622 g/mol. The molecule has 0 radical (unpaired) electrons. The minimum Gasteiger partial charge on any atom is -0.356 e. The molecule has 0 bridgehead atoms. The fraction of sp³-hybridized carbons (Fsp3) is 0.714. The van der Waals surface area contributed by atoms with E-state index in [2.05, 4.69) is 26.3 Å². The number of carbonyl (C=O) groups excluding carboxylic acids is 2. The van der Waals surface area contributed by atoms with Gasteiger partial charge in [-0.3, -0.25) is 9.59 Å². The summed E-state index contributed by atoms with van der Waals surface area (Å²) in [5.41, 5.74) is -0.968. The standard InChI is InChI=1S/C28H43F4N5O4S/c1-17(36-40)27(3,4)34-14-11-19(12-15-35-28(5,6)18(2)37-41)10-13-33-22(38)8-7-9-23(39)42-26-24(31)20(29)16-21(30)25(26)32/h16-19,34-35H,7-15H2,1-6H3,(H,33,38). The van der Waals surface area contributed by atoms with Crippen LogP contribution in [0.3, 0.4) is 0 Å². The molecule has 2 atom stereocenters. The van der Waals surface area contributed by atoms with E-state index in [0.29, 0.717) is 26.1 Å². The number of carbonyl (C=O) groups is 2. The number of benzene rings is 1. The molecule has 1 rings (SSSR count). The first kappa shape index (κ1) is 37.6. The third kappa shape index (κ3) is 12.4. The molecular weight excluding hydrogens is 578 g/mol. The fourth-order valence-corrected chi connectivity index (χ4v) is 4.74. The number of rotatable bonds is 20. The third-order valence-electron chi connectivity index (χ3n) is 7.62. The lowest BCUT2D eigenvalue weighted by Gasteiger charge is -2.31. The smallest absolute Gasteiger partial charge is 0.220 e. The van der Waals surface area contributed by atoms with Gasteiger partial charge in [-0.15, -0.1) is 0 Å². The summed E-state index contributed by atoms with van der Waals surface area (Å²) in [7, 11) is 0. The summed E-state index contributed by atoms with van der Waals surface area (Å²) < 4.78 is 54.2. The molecular formula is C28H43F4N5O4S. The van der Waals surface area contributed by atoms with Crippen LogP contribution in [0.1, 0.15) is 80.1 Å². The fourth-order valence-electron chi connectivity index (χ4n) is 3.89. The van der Waals surface area contributed by atoms with E-state index in [1.165, 1.54) is 0 Å². The van der Waals surface area contributed by atoms with Gasteiger partial charge < -0.3 is 16.0 Å². The average Bonchev–Trinajstić information content (AvgIpc) is 2.92. The topological polar surface area (TPSA) is 129 Å². The molecule has 0 saturated carbocycles. The number of nitrogens with zero attached hydrogens (tertiary/aromatic N) is 2. The summed E-state index contributed by atoms with van der Waals surface area (Å²) >= 11 is 0.0643. The largest absolute Gasteiger partial charge is 0.356 e. The zero-order valence-corrected chi connectivity index (χ0v) is 25.9. The van der Waals surface area contributed by atoms with Crippen LogP contribution in [0.15, 0.2) is 21.3 Å². The highest BCUT2D eigenvalue weighted by molar-refractivity contribution is 8.13. The van der Waals surface area contributed by atoms with Crippen molar-refractivity contribution in [3.63, 3.8) is 0 Å². The van der Waals surface area contributed by atoms with Gasteiger partial charge in [-0.05, 0) is 98.0 Å². The number of nitroso groups, excluding NO2 is 2. The van der Waals surface area contributed by atoms with Crippen molar-refractivity contribution in [2.75, 3.05) is 19.6 Å². The summed E-state index contributed by atoms with van der Waals surface area (Å²) in [6.07, 6.45) is 2.02. The molecule has 2 unspecified atom stereocenters. The molecule has 0 heterocycles. The molecule has 0 aliphatic carbocycles. The molecule has 1 amide bonds. The molecule has 238 valence electrons. The predicted octanol–water partition coefficient (Wildman–Crippen LogP) is 5.98. The van der Waals surface area contributed by atoms with Crippen molar-refractivity contribution in [2.45, 2.75) is 108 Å². The molecule has 0 fully saturated rings. The molecule has 42 heavy (non-hydrogen) atoms. The molecule has 0 saturated heterocycles. The van der Waals surface area contributed by atoms with Gasteiger partial charge >= 0.3 is 0 Å². The summed E-state index contributed by atoms with van der Waals surface area (Å²) in [6, 6.07) is -0.776. The third-order valence-corrected chi connectivity index (χ3v) is 8.61. The number of thioether (sulfide) groups is 1. The second kappa shape index (κ2) is 17.6. The highest BCUT2D eigenvalue weighted by Crippen LogP contribution is 2.30.